The second kappa shape index (κ2) is 14.2. The van der Waals surface area contributed by atoms with Gasteiger partial charge in [0.15, 0.2) is 0 Å². The number of amides is 4. The lowest BCUT2D eigenvalue weighted by molar-refractivity contribution is -0.143. The van der Waals surface area contributed by atoms with Gasteiger partial charge in [0.2, 0.25) is 11.8 Å². The lowest BCUT2D eigenvalue weighted by atomic mass is 9.98. The number of primary amides is 1. The zero-order chi connectivity index (χ0) is 30.0. The monoisotopic (exact) mass is 552 g/mol. The molecule has 2 aromatic carbocycles. The molecule has 4 amide bonds. The Bertz CT molecular complexity index is 1200. The first-order chi connectivity index (χ1) is 18.7. The third-order valence-corrected chi connectivity index (χ3v) is 5.83. The summed E-state index contributed by atoms with van der Waals surface area (Å²) in [6.45, 7) is 12.4. The van der Waals surface area contributed by atoms with E-state index in [4.69, 9.17) is 15.2 Å². The van der Waals surface area contributed by atoms with E-state index >= 15 is 0 Å². The zero-order valence-electron chi connectivity index (χ0n) is 24.0. The summed E-state index contributed by atoms with van der Waals surface area (Å²) in [6.07, 6.45) is 0.582. The molecule has 0 saturated carbocycles. The molecule has 10 nitrogen and oxygen atoms in total. The molecule has 216 valence electrons. The Kier molecular flexibility index (Phi) is 11.3. The molecule has 0 radical (unpaired) electrons. The van der Waals surface area contributed by atoms with Crippen molar-refractivity contribution in [2.24, 2.45) is 5.73 Å². The Morgan fingerprint density at radius 3 is 2.25 bits per heavy atom. The number of carbonyl (C=O) groups is 4. The van der Waals surface area contributed by atoms with E-state index in [9.17, 15) is 19.2 Å². The summed E-state index contributed by atoms with van der Waals surface area (Å²) in [5.74, 6) is -1.05. The van der Waals surface area contributed by atoms with Gasteiger partial charge in [0, 0.05) is 18.2 Å². The van der Waals surface area contributed by atoms with Crippen LogP contribution in [0.4, 0.5) is 10.5 Å². The Balaban J connectivity index is 2.54. The van der Waals surface area contributed by atoms with E-state index in [1.165, 1.54) is 4.90 Å². The van der Waals surface area contributed by atoms with E-state index < -0.39 is 47.5 Å². The molecule has 40 heavy (non-hydrogen) atoms. The van der Waals surface area contributed by atoms with Crippen molar-refractivity contribution in [2.45, 2.75) is 71.2 Å². The molecule has 2 rings (SSSR count). The summed E-state index contributed by atoms with van der Waals surface area (Å²) >= 11 is 0. The van der Waals surface area contributed by atoms with Gasteiger partial charge in [-0.15, -0.1) is 0 Å². The number of hydrogen-bond acceptors (Lipinski definition) is 6. The second-order valence-corrected chi connectivity index (χ2v) is 10.5. The molecule has 10 heteroatoms. The molecule has 0 aliphatic rings. The van der Waals surface area contributed by atoms with Crippen LogP contribution in [0.2, 0.25) is 0 Å². The van der Waals surface area contributed by atoms with Crippen molar-refractivity contribution >= 4 is 35.6 Å². The molecule has 4 N–H and O–H groups in total. The Hall–Kier alpha value is -4.34. The van der Waals surface area contributed by atoms with E-state index in [-0.39, 0.29) is 12.8 Å². The average molecular weight is 553 g/mol. The molecular formula is C30H40N4O6. The van der Waals surface area contributed by atoms with Gasteiger partial charge in [-0.05, 0) is 82.5 Å². The first kappa shape index (κ1) is 31.9. The van der Waals surface area contributed by atoms with Gasteiger partial charge in [-0.25, -0.2) is 4.79 Å². The lowest BCUT2D eigenvalue weighted by Crippen LogP contribution is -2.54. The highest BCUT2D eigenvalue weighted by atomic mass is 16.6. The van der Waals surface area contributed by atoms with E-state index in [0.717, 1.165) is 5.56 Å². The topological polar surface area (TPSA) is 140 Å². The summed E-state index contributed by atoms with van der Waals surface area (Å²) < 4.78 is 10.5. The summed E-state index contributed by atoms with van der Waals surface area (Å²) in [5, 5.41) is 5.45. The normalized spacial score (nSPS) is 12.6. The summed E-state index contributed by atoms with van der Waals surface area (Å²) in [7, 11) is 1.54. The number of benzene rings is 2. The van der Waals surface area contributed by atoms with Gasteiger partial charge in [0.1, 0.15) is 23.4 Å². The second-order valence-electron chi connectivity index (χ2n) is 10.5. The molecule has 0 aromatic heterocycles. The highest BCUT2D eigenvalue weighted by Crippen LogP contribution is 2.28. The fourth-order valence-electron chi connectivity index (χ4n) is 4.03. The molecular weight excluding hydrogens is 512 g/mol. The predicted molar refractivity (Wildman–Crippen MR) is 154 cm³/mol. The summed E-state index contributed by atoms with van der Waals surface area (Å²) in [4.78, 5) is 53.6. The zero-order valence-corrected chi connectivity index (χ0v) is 24.0. The molecule has 0 bridgehead atoms. The van der Waals surface area contributed by atoms with E-state index in [2.05, 4.69) is 17.2 Å². The van der Waals surface area contributed by atoms with Crippen molar-refractivity contribution < 1.29 is 28.7 Å². The molecule has 2 unspecified atom stereocenters. The van der Waals surface area contributed by atoms with Gasteiger partial charge in [0.05, 0.1) is 7.11 Å². The van der Waals surface area contributed by atoms with Crippen LogP contribution >= 0.6 is 0 Å². The number of nitrogens with one attached hydrogen (secondary N) is 2. The van der Waals surface area contributed by atoms with Gasteiger partial charge in [-0.3, -0.25) is 14.4 Å². The Morgan fingerprint density at radius 2 is 1.73 bits per heavy atom. The van der Waals surface area contributed by atoms with Crippen LogP contribution in [-0.2, 0) is 19.1 Å². The maximum absolute atomic E-state index is 14.1. The number of hydrogen-bond donors (Lipinski definition) is 3. The predicted octanol–water partition coefficient (Wildman–Crippen LogP) is 4.41. The van der Waals surface area contributed by atoms with Crippen LogP contribution in [-0.4, -0.2) is 53.5 Å². The number of rotatable bonds is 12. The van der Waals surface area contributed by atoms with Crippen LogP contribution in [0, 0.1) is 0 Å². The molecule has 0 heterocycles. The number of nitrogens with zero attached hydrogens (tertiary/aromatic N) is 1. The van der Waals surface area contributed by atoms with Crippen LogP contribution in [0.1, 0.15) is 64.6 Å². The third kappa shape index (κ3) is 9.44. The van der Waals surface area contributed by atoms with E-state index in [1.54, 1.807) is 90.3 Å². The van der Waals surface area contributed by atoms with Gasteiger partial charge in [-0.2, -0.15) is 0 Å². The molecule has 2 aromatic rings. The molecule has 0 aliphatic carbocycles. The number of ether oxygens (including phenoxy) is 2. The quantitative estimate of drug-likeness (QED) is 0.356. The van der Waals surface area contributed by atoms with Crippen molar-refractivity contribution in [2.75, 3.05) is 12.4 Å². The molecule has 0 aliphatic heterocycles. The standard InChI is InChI=1S/C30H40N4O6/c1-8-20-10-9-11-21(18-20)26(27(36)32-22-12-14-23(39-7)15-13-22)34(19(2)3)28(37)24(16-17-25(31)35)33-29(38)40-30(4,5)6/h8-15,18-19,24,26H,1,16-17H2,2-7H3,(H2,31,35)(H,32,36)(H,33,38). The smallest absolute Gasteiger partial charge is 0.408 e. The highest BCUT2D eigenvalue weighted by Gasteiger charge is 2.38. The lowest BCUT2D eigenvalue weighted by Gasteiger charge is -2.37. The number of carbonyl (C=O) groups excluding carboxylic acids is 4. The Morgan fingerprint density at radius 1 is 1.07 bits per heavy atom. The number of nitrogens with two attached hydrogens (primary N) is 1. The highest BCUT2D eigenvalue weighted by molar-refractivity contribution is 5.99. The minimum Gasteiger partial charge on any atom is -0.497 e. The molecule has 0 saturated heterocycles. The van der Waals surface area contributed by atoms with Crippen LogP contribution < -0.4 is 21.1 Å². The van der Waals surface area contributed by atoms with Gasteiger partial charge in [0.25, 0.3) is 5.91 Å². The number of alkyl carbamates (subject to hydrolysis) is 1. The minimum atomic E-state index is -1.18. The fraction of sp³-hybridized carbons (Fsp3) is 0.400. The van der Waals surface area contributed by atoms with Crippen LogP contribution in [0.15, 0.2) is 55.1 Å². The van der Waals surface area contributed by atoms with Crippen molar-refractivity contribution in [3.05, 3.63) is 66.2 Å². The Labute approximate surface area is 235 Å². The van der Waals surface area contributed by atoms with Gasteiger partial charge >= 0.3 is 6.09 Å². The van der Waals surface area contributed by atoms with Crippen molar-refractivity contribution in [3.63, 3.8) is 0 Å². The van der Waals surface area contributed by atoms with E-state index in [1.807, 2.05) is 6.07 Å². The molecule has 0 spiro atoms. The van der Waals surface area contributed by atoms with Gasteiger partial charge in [-0.1, -0.05) is 30.9 Å². The maximum atomic E-state index is 14.1. The SMILES string of the molecule is C=Cc1cccc(C(C(=O)Nc2ccc(OC)cc2)N(C(=O)C(CCC(N)=O)NC(=O)OC(C)(C)C)C(C)C)c1. The summed E-state index contributed by atoms with van der Waals surface area (Å²) in [5.41, 5.74) is 6.34. The fourth-order valence-corrected chi connectivity index (χ4v) is 4.03. The minimum absolute atomic E-state index is 0.0733. The maximum Gasteiger partial charge on any atom is 0.408 e. The average Bonchev–Trinajstić information content (AvgIpc) is 2.88. The number of methoxy groups -OCH3 is 1. The molecule has 2 atom stereocenters. The van der Waals surface area contributed by atoms with Gasteiger partial charge < -0.3 is 30.7 Å². The summed E-state index contributed by atoms with van der Waals surface area (Å²) in [6, 6.07) is 11.2. The first-order valence-corrected chi connectivity index (χ1v) is 13.0. The van der Waals surface area contributed by atoms with Crippen LogP contribution in [0.3, 0.4) is 0 Å². The van der Waals surface area contributed by atoms with Crippen LogP contribution in [0.25, 0.3) is 6.08 Å². The molecule has 0 fully saturated rings. The third-order valence-electron chi connectivity index (χ3n) is 5.83. The van der Waals surface area contributed by atoms with Crippen molar-refractivity contribution in [1.82, 2.24) is 10.2 Å². The van der Waals surface area contributed by atoms with Crippen molar-refractivity contribution in [3.8, 4) is 5.75 Å². The number of anilines is 1. The largest absolute Gasteiger partial charge is 0.497 e. The van der Waals surface area contributed by atoms with Crippen LogP contribution in [0.5, 0.6) is 5.75 Å². The van der Waals surface area contributed by atoms with Crippen molar-refractivity contribution in [1.29, 1.82) is 0 Å². The van der Waals surface area contributed by atoms with E-state index in [0.29, 0.717) is 17.0 Å². The first-order valence-electron chi connectivity index (χ1n) is 13.0.